The fraction of sp³-hybridized carbons (Fsp3) is 0.357. The summed E-state index contributed by atoms with van der Waals surface area (Å²) in [6, 6.07) is 6.92. The maximum absolute atomic E-state index is 5.70. The lowest BCUT2D eigenvalue weighted by Crippen LogP contribution is -2.33. The van der Waals surface area contributed by atoms with E-state index in [9.17, 15) is 0 Å². The molecule has 0 saturated heterocycles. The first-order valence-electron chi connectivity index (χ1n) is 6.36. The van der Waals surface area contributed by atoms with Gasteiger partial charge in [0, 0.05) is 34.7 Å². The van der Waals surface area contributed by atoms with Gasteiger partial charge in [0.1, 0.15) is 0 Å². The van der Waals surface area contributed by atoms with Crippen molar-refractivity contribution in [3.8, 4) is 0 Å². The van der Waals surface area contributed by atoms with Gasteiger partial charge in [-0.1, -0.05) is 28.1 Å². The molecule has 1 atom stereocenters. The van der Waals surface area contributed by atoms with E-state index in [1.54, 1.807) is 11.3 Å². The van der Waals surface area contributed by atoms with E-state index in [1.165, 1.54) is 20.5 Å². The van der Waals surface area contributed by atoms with Gasteiger partial charge in [-0.3, -0.25) is 4.90 Å². The van der Waals surface area contributed by atoms with Gasteiger partial charge in [-0.15, -0.1) is 23.7 Å². The van der Waals surface area contributed by atoms with Gasteiger partial charge in [-0.25, -0.2) is 4.98 Å². The van der Waals surface area contributed by atoms with Crippen LogP contribution in [0.2, 0.25) is 0 Å². The highest BCUT2D eigenvalue weighted by Gasteiger charge is 2.25. The van der Waals surface area contributed by atoms with Crippen LogP contribution in [0.4, 0.5) is 5.13 Å². The summed E-state index contributed by atoms with van der Waals surface area (Å²) in [4.78, 5) is 7.85. The van der Waals surface area contributed by atoms with Crippen LogP contribution in [0.5, 0.6) is 0 Å². The van der Waals surface area contributed by atoms with Crippen LogP contribution in [-0.2, 0) is 13.0 Å². The van der Waals surface area contributed by atoms with Crippen molar-refractivity contribution in [2.24, 2.45) is 0 Å². The second kappa shape index (κ2) is 6.43. The molecule has 0 radical (unpaired) electrons. The highest BCUT2D eigenvalue weighted by Crippen LogP contribution is 2.34. The van der Waals surface area contributed by atoms with Crippen molar-refractivity contribution in [1.29, 1.82) is 0 Å². The van der Waals surface area contributed by atoms with Crippen LogP contribution in [0.25, 0.3) is 0 Å². The molecule has 6 heteroatoms. The first-order chi connectivity index (χ1) is 9.15. The average molecular weight is 375 g/mol. The second-order valence-electron chi connectivity index (χ2n) is 4.87. The molecule has 0 saturated carbocycles. The highest BCUT2D eigenvalue weighted by molar-refractivity contribution is 9.10. The summed E-state index contributed by atoms with van der Waals surface area (Å²) in [5, 5.41) is 0.655. The molecule has 3 nitrogen and oxygen atoms in total. The predicted octanol–water partition coefficient (Wildman–Crippen LogP) is 4.03. The van der Waals surface area contributed by atoms with Crippen molar-refractivity contribution in [1.82, 2.24) is 9.88 Å². The van der Waals surface area contributed by atoms with E-state index < -0.39 is 0 Å². The molecule has 108 valence electrons. The smallest absolute Gasteiger partial charge is 0.180 e. The van der Waals surface area contributed by atoms with Crippen molar-refractivity contribution in [3.63, 3.8) is 0 Å². The molecular formula is C14H17BrClN3S. The fourth-order valence-electron chi connectivity index (χ4n) is 2.69. The third-order valence-electron chi connectivity index (χ3n) is 3.73. The molecule has 0 spiro atoms. The normalized spacial score (nSPS) is 18.4. The summed E-state index contributed by atoms with van der Waals surface area (Å²) in [6.45, 7) is 4.28. The SMILES string of the molecule is CC1c2cccc(Br)c2CCN1Cc1cnc(N)s1.Cl. The van der Waals surface area contributed by atoms with Crippen molar-refractivity contribution in [2.45, 2.75) is 25.9 Å². The zero-order valence-corrected chi connectivity index (χ0v) is 14.4. The van der Waals surface area contributed by atoms with Crippen LogP contribution < -0.4 is 5.73 Å². The third kappa shape index (κ3) is 3.01. The topological polar surface area (TPSA) is 42.2 Å². The molecule has 0 fully saturated rings. The Bertz CT molecular complexity index is 602. The molecule has 1 aromatic carbocycles. The molecule has 1 aliphatic rings. The summed E-state index contributed by atoms with van der Waals surface area (Å²) < 4.78 is 1.23. The van der Waals surface area contributed by atoms with E-state index in [0.717, 1.165) is 19.5 Å². The number of thiazole rings is 1. The number of nitrogens with zero attached hydrogens (tertiary/aromatic N) is 2. The van der Waals surface area contributed by atoms with Gasteiger partial charge in [-0.2, -0.15) is 0 Å². The van der Waals surface area contributed by atoms with E-state index in [1.807, 2.05) is 6.20 Å². The van der Waals surface area contributed by atoms with Crippen molar-refractivity contribution >= 4 is 44.8 Å². The Morgan fingerprint density at radius 3 is 3.00 bits per heavy atom. The predicted molar refractivity (Wildman–Crippen MR) is 90.4 cm³/mol. The van der Waals surface area contributed by atoms with Crippen LogP contribution in [0.15, 0.2) is 28.9 Å². The third-order valence-corrected chi connectivity index (χ3v) is 5.29. The number of nitrogens with two attached hydrogens (primary N) is 1. The van der Waals surface area contributed by atoms with Crippen LogP contribution in [0.1, 0.15) is 29.0 Å². The number of nitrogen functional groups attached to an aromatic ring is 1. The number of anilines is 1. The van der Waals surface area contributed by atoms with Crippen molar-refractivity contribution in [3.05, 3.63) is 44.9 Å². The Balaban J connectivity index is 0.00000147. The molecule has 1 aromatic heterocycles. The maximum atomic E-state index is 5.70. The van der Waals surface area contributed by atoms with E-state index >= 15 is 0 Å². The summed E-state index contributed by atoms with van der Waals surface area (Å²) in [7, 11) is 0. The van der Waals surface area contributed by atoms with Gasteiger partial charge in [-0.05, 0) is 30.5 Å². The molecule has 2 N–H and O–H groups in total. The Morgan fingerprint density at radius 1 is 1.50 bits per heavy atom. The molecule has 0 amide bonds. The number of rotatable bonds is 2. The Labute approximate surface area is 137 Å². The number of halogens is 2. The largest absolute Gasteiger partial charge is 0.375 e. The Morgan fingerprint density at radius 2 is 2.30 bits per heavy atom. The van der Waals surface area contributed by atoms with Gasteiger partial charge in [0.25, 0.3) is 0 Å². The Kier molecular flexibility index (Phi) is 5.07. The van der Waals surface area contributed by atoms with Crippen molar-refractivity contribution in [2.75, 3.05) is 12.3 Å². The first kappa shape index (κ1) is 15.8. The minimum absolute atomic E-state index is 0. The highest BCUT2D eigenvalue weighted by atomic mass is 79.9. The van der Waals surface area contributed by atoms with Crippen LogP contribution >= 0.6 is 39.7 Å². The maximum Gasteiger partial charge on any atom is 0.180 e. The summed E-state index contributed by atoms with van der Waals surface area (Å²) in [5.41, 5.74) is 8.58. The minimum Gasteiger partial charge on any atom is -0.375 e. The van der Waals surface area contributed by atoms with Crippen LogP contribution in [0, 0.1) is 0 Å². The van der Waals surface area contributed by atoms with E-state index in [-0.39, 0.29) is 12.4 Å². The molecule has 20 heavy (non-hydrogen) atoms. The molecule has 1 aliphatic heterocycles. The summed E-state index contributed by atoms with van der Waals surface area (Å²) in [6.07, 6.45) is 2.98. The van der Waals surface area contributed by atoms with Gasteiger partial charge >= 0.3 is 0 Å². The standard InChI is InChI=1S/C14H16BrN3S.ClH/c1-9-11-3-2-4-13(15)12(11)5-6-18(9)8-10-7-17-14(16)19-10;/h2-4,7,9H,5-6,8H2,1H3,(H2,16,17);1H. The summed E-state index contributed by atoms with van der Waals surface area (Å²) >= 11 is 5.24. The van der Waals surface area contributed by atoms with Gasteiger partial charge in [0.05, 0.1) is 0 Å². The lowest BCUT2D eigenvalue weighted by Gasteiger charge is -2.35. The molecule has 3 rings (SSSR count). The molecule has 2 heterocycles. The van der Waals surface area contributed by atoms with Gasteiger partial charge in [0.2, 0.25) is 0 Å². The fourth-order valence-corrected chi connectivity index (χ4v) is 3.98. The van der Waals surface area contributed by atoms with Gasteiger partial charge in [0.15, 0.2) is 5.13 Å². The first-order valence-corrected chi connectivity index (χ1v) is 7.97. The average Bonchev–Trinajstić information content (AvgIpc) is 2.79. The molecule has 0 bridgehead atoms. The second-order valence-corrected chi connectivity index (χ2v) is 6.87. The van der Waals surface area contributed by atoms with Crippen LogP contribution in [-0.4, -0.2) is 16.4 Å². The van der Waals surface area contributed by atoms with E-state index in [2.05, 4.69) is 50.9 Å². The number of benzene rings is 1. The number of fused-ring (bicyclic) bond motifs is 1. The van der Waals surface area contributed by atoms with E-state index in [4.69, 9.17) is 5.73 Å². The molecule has 1 unspecified atom stereocenters. The zero-order valence-electron chi connectivity index (χ0n) is 11.2. The number of aromatic nitrogens is 1. The Hall–Kier alpha value is -0.620. The van der Waals surface area contributed by atoms with E-state index in [0.29, 0.717) is 11.2 Å². The quantitative estimate of drug-likeness (QED) is 0.863. The number of hydrogen-bond donors (Lipinski definition) is 1. The molecular weight excluding hydrogens is 358 g/mol. The summed E-state index contributed by atoms with van der Waals surface area (Å²) in [5.74, 6) is 0. The van der Waals surface area contributed by atoms with Crippen molar-refractivity contribution < 1.29 is 0 Å². The molecule has 2 aromatic rings. The minimum atomic E-state index is 0. The van der Waals surface area contributed by atoms with Gasteiger partial charge < -0.3 is 5.73 Å². The van der Waals surface area contributed by atoms with Crippen LogP contribution in [0.3, 0.4) is 0 Å². The lowest BCUT2D eigenvalue weighted by atomic mass is 9.93. The lowest BCUT2D eigenvalue weighted by molar-refractivity contribution is 0.191. The zero-order chi connectivity index (χ0) is 13.4. The number of hydrogen-bond acceptors (Lipinski definition) is 4. The monoisotopic (exact) mass is 373 g/mol. The molecule has 0 aliphatic carbocycles.